The van der Waals surface area contributed by atoms with Crippen LogP contribution in [0.1, 0.15) is 32.6 Å². The summed E-state index contributed by atoms with van der Waals surface area (Å²) in [6.45, 7) is 6.27. The van der Waals surface area contributed by atoms with Crippen molar-refractivity contribution in [2.75, 3.05) is 20.2 Å². The molecule has 0 aromatic rings. The molecule has 2 atom stereocenters. The third-order valence-electron chi connectivity index (χ3n) is 3.50. The lowest BCUT2D eigenvalue weighted by Crippen LogP contribution is -2.43. The third-order valence-corrected chi connectivity index (χ3v) is 5.89. The average Bonchev–Trinajstić information content (AvgIpc) is 2.87. The molecule has 6 heteroatoms. The Labute approximate surface area is 115 Å². The molecule has 0 heterocycles. The minimum Gasteiger partial charge on any atom is -0.469 e. The van der Waals surface area contributed by atoms with Crippen molar-refractivity contribution in [3.63, 3.8) is 0 Å². The molecule has 0 bridgehead atoms. The third kappa shape index (κ3) is 3.57. The van der Waals surface area contributed by atoms with Crippen molar-refractivity contribution in [3.05, 3.63) is 12.7 Å². The normalized spacial score (nSPS) is 23.5. The van der Waals surface area contributed by atoms with E-state index in [9.17, 15) is 13.2 Å². The van der Waals surface area contributed by atoms with Crippen molar-refractivity contribution in [1.29, 1.82) is 0 Å². The second-order valence-corrected chi connectivity index (χ2v) is 6.94. The highest BCUT2D eigenvalue weighted by atomic mass is 32.2. The van der Waals surface area contributed by atoms with Gasteiger partial charge in [0.2, 0.25) is 10.0 Å². The number of carbonyl (C=O) groups excluding carboxylic acids is 1. The number of sulfonamides is 1. The van der Waals surface area contributed by atoms with Gasteiger partial charge in [-0.1, -0.05) is 19.4 Å². The van der Waals surface area contributed by atoms with E-state index in [0.29, 0.717) is 25.9 Å². The molecule has 0 amide bonds. The molecule has 0 aromatic carbocycles. The van der Waals surface area contributed by atoms with E-state index < -0.39 is 27.2 Å². The Balaban J connectivity index is 2.96. The molecule has 0 spiro atoms. The Morgan fingerprint density at radius 2 is 2.16 bits per heavy atom. The largest absolute Gasteiger partial charge is 0.469 e. The van der Waals surface area contributed by atoms with Gasteiger partial charge in [0.1, 0.15) is 0 Å². The summed E-state index contributed by atoms with van der Waals surface area (Å²) in [5, 5.41) is -0.647. The predicted octanol–water partition coefficient (Wildman–Crippen LogP) is 1.56. The SMILES string of the molecule is C=CCN(CCC)S(=O)(=O)C1CCCC1C(=O)OC. The molecule has 2 unspecified atom stereocenters. The minimum absolute atomic E-state index is 0.292. The van der Waals surface area contributed by atoms with Crippen LogP contribution in [0, 0.1) is 5.92 Å². The summed E-state index contributed by atoms with van der Waals surface area (Å²) < 4.78 is 31.4. The lowest BCUT2D eigenvalue weighted by Gasteiger charge is -2.26. The van der Waals surface area contributed by atoms with Crippen molar-refractivity contribution in [3.8, 4) is 0 Å². The van der Waals surface area contributed by atoms with Gasteiger partial charge in [-0.05, 0) is 19.3 Å². The summed E-state index contributed by atoms with van der Waals surface area (Å²) in [6, 6.07) is 0. The first kappa shape index (κ1) is 16.2. The number of ether oxygens (including phenoxy) is 1. The van der Waals surface area contributed by atoms with E-state index in [1.165, 1.54) is 11.4 Å². The monoisotopic (exact) mass is 289 g/mol. The van der Waals surface area contributed by atoms with Crippen molar-refractivity contribution >= 4 is 16.0 Å². The van der Waals surface area contributed by atoms with Gasteiger partial charge in [0.15, 0.2) is 0 Å². The molecule has 0 aromatic heterocycles. The Hall–Kier alpha value is -0.880. The van der Waals surface area contributed by atoms with Gasteiger partial charge in [0.05, 0.1) is 18.3 Å². The van der Waals surface area contributed by atoms with E-state index >= 15 is 0 Å². The van der Waals surface area contributed by atoms with E-state index in [-0.39, 0.29) is 0 Å². The predicted molar refractivity (Wildman–Crippen MR) is 74.1 cm³/mol. The fourth-order valence-corrected chi connectivity index (χ4v) is 4.87. The second-order valence-electron chi connectivity index (χ2n) is 4.79. The molecule has 1 aliphatic rings. The first-order chi connectivity index (χ1) is 8.98. The smallest absolute Gasteiger partial charge is 0.310 e. The highest BCUT2D eigenvalue weighted by Crippen LogP contribution is 2.33. The molecule has 1 fully saturated rings. The van der Waals surface area contributed by atoms with Crippen LogP contribution in [0.5, 0.6) is 0 Å². The van der Waals surface area contributed by atoms with Crippen LogP contribution in [0.25, 0.3) is 0 Å². The summed E-state index contributed by atoms with van der Waals surface area (Å²) in [6.07, 6.45) is 4.18. The van der Waals surface area contributed by atoms with Crippen LogP contribution in [0.2, 0.25) is 0 Å². The zero-order chi connectivity index (χ0) is 14.5. The fourth-order valence-electron chi connectivity index (χ4n) is 2.61. The second kappa shape index (κ2) is 7.05. The molecule has 1 aliphatic carbocycles. The van der Waals surface area contributed by atoms with Crippen LogP contribution < -0.4 is 0 Å². The number of rotatable bonds is 7. The Morgan fingerprint density at radius 3 is 2.68 bits per heavy atom. The maximum absolute atomic E-state index is 12.6. The maximum Gasteiger partial charge on any atom is 0.310 e. The zero-order valence-corrected chi connectivity index (χ0v) is 12.5. The van der Waals surface area contributed by atoms with Crippen LogP contribution in [0.15, 0.2) is 12.7 Å². The first-order valence-corrected chi connectivity index (χ1v) is 8.17. The molecular formula is C13H23NO4S. The van der Waals surface area contributed by atoms with Gasteiger partial charge in [0, 0.05) is 13.1 Å². The molecule has 19 heavy (non-hydrogen) atoms. The topological polar surface area (TPSA) is 63.7 Å². The molecule has 110 valence electrons. The summed E-state index contributed by atoms with van der Waals surface area (Å²) in [5.74, 6) is -0.944. The summed E-state index contributed by atoms with van der Waals surface area (Å²) >= 11 is 0. The van der Waals surface area contributed by atoms with Crippen LogP contribution in [-0.4, -0.2) is 44.1 Å². The van der Waals surface area contributed by atoms with Gasteiger partial charge in [-0.25, -0.2) is 8.42 Å². The van der Waals surface area contributed by atoms with Crippen molar-refractivity contribution in [2.24, 2.45) is 5.92 Å². The molecule has 1 rings (SSSR count). The van der Waals surface area contributed by atoms with Gasteiger partial charge in [-0.15, -0.1) is 6.58 Å². The number of nitrogens with zero attached hydrogens (tertiary/aromatic N) is 1. The Morgan fingerprint density at radius 1 is 1.47 bits per heavy atom. The number of hydrogen-bond acceptors (Lipinski definition) is 4. The van der Waals surface area contributed by atoms with E-state index in [4.69, 9.17) is 4.74 Å². The fraction of sp³-hybridized carbons (Fsp3) is 0.769. The summed E-state index contributed by atoms with van der Waals surface area (Å²) in [7, 11) is -2.16. The standard InChI is InChI=1S/C13H23NO4S/c1-4-9-14(10-5-2)19(16,17)12-8-6-7-11(12)13(15)18-3/h4,11-12H,1,5-10H2,2-3H3. The highest BCUT2D eigenvalue weighted by Gasteiger charge is 2.44. The number of methoxy groups -OCH3 is 1. The van der Waals surface area contributed by atoms with E-state index in [0.717, 1.165) is 12.8 Å². The molecule has 0 radical (unpaired) electrons. The van der Waals surface area contributed by atoms with E-state index in [1.54, 1.807) is 6.08 Å². The van der Waals surface area contributed by atoms with Crippen LogP contribution >= 0.6 is 0 Å². The van der Waals surface area contributed by atoms with Crippen LogP contribution in [0.4, 0.5) is 0 Å². The molecule has 0 aliphatic heterocycles. The molecular weight excluding hydrogens is 266 g/mol. The number of carbonyl (C=O) groups is 1. The van der Waals surface area contributed by atoms with Gasteiger partial charge in [0.25, 0.3) is 0 Å². The summed E-state index contributed by atoms with van der Waals surface area (Å²) in [5.41, 5.74) is 0. The lowest BCUT2D eigenvalue weighted by molar-refractivity contribution is -0.145. The van der Waals surface area contributed by atoms with Gasteiger partial charge in [-0.2, -0.15) is 4.31 Å². The molecule has 5 nitrogen and oxygen atoms in total. The van der Waals surface area contributed by atoms with Gasteiger partial charge in [-0.3, -0.25) is 4.79 Å². The van der Waals surface area contributed by atoms with Gasteiger partial charge >= 0.3 is 5.97 Å². The molecule has 1 saturated carbocycles. The minimum atomic E-state index is -3.47. The number of hydrogen-bond donors (Lipinski definition) is 0. The first-order valence-electron chi connectivity index (χ1n) is 6.66. The quantitative estimate of drug-likeness (QED) is 0.527. The Bertz CT molecular complexity index is 418. The van der Waals surface area contributed by atoms with E-state index in [2.05, 4.69) is 6.58 Å². The summed E-state index contributed by atoms with van der Waals surface area (Å²) in [4.78, 5) is 11.7. The van der Waals surface area contributed by atoms with E-state index in [1.807, 2.05) is 6.92 Å². The molecule has 0 saturated heterocycles. The lowest BCUT2D eigenvalue weighted by atomic mass is 10.1. The van der Waals surface area contributed by atoms with Crippen molar-refractivity contribution in [2.45, 2.75) is 37.9 Å². The number of esters is 1. The Kier molecular flexibility index (Phi) is 6.00. The van der Waals surface area contributed by atoms with Crippen LogP contribution in [0.3, 0.4) is 0 Å². The van der Waals surface area contributed by atoms with Crippen LogP contribution in [-0.2, 0) is 19.6 Å². The van der Waals surface area contributed by atoms with Crippen molar-refractivity contribution < 1.29 is 17.9 Å². The van der Waals surface area contributed by atoms with Crippen molar-refractivity contribution in [1.82, 2.24) is 4.31 Å². The van der Waals surface area contributed by atoms with Gasteiger partial charge < -0.3 is 4.74 Å². The highest BCUT2D eigenvalue weighted by molar-refractivity contribution is 7.89. The zero-order valence-electron chi connectivity index (χ0n) is 11.7. The maximum atomic E-state index is 12.6. The average molecular weight is 289 g/mol. The molecule has 0 N–H and O–H groups in total.